The largest absolute Gasteiger partial charge is 0.668 e. The molecule has 0 amide bonds. The first-order chi connectivity index (χ1) is 31.2. The zero-order chi connectivity index (χ0) is 48.6. The first-order valence-corrected chi connectivity index (χ1v) is 21.3. The third-order valence-electron chi connectivity index (χ3n) is 12.6. The molecule has 6 rings (SSSR count). The minimum Gasteiger partial charge on any atom is -0.668 e. The van der Waals surface area contributed by atoms with Crippen LogP contribution in [-0.2, 0) is 56.8 Å². The van der Waals surface area contributed by atoms with Crippen molar-refractivity contribution in [3.05, 3.63) is 5.73 Å². The molecule has 30 heteroatoms. The normalized spacial score (nSPS) is 53.2. The van der Waals surface area contributed by atoms with E-state index in [0.29, 0.717) is 0 Å². The molecule has 6 heterocycles. The fourth-order valence-corrected chi connectivity index (χ4v) is 8.57. The van der Waals surface area contributed by atoms with Gasteiger partial charge in [0.2, 0.25) is 0 Å². The molecule has 67 heavy (non-hydrogen) atoms. The maximum Gasteiger partial charge on any atom is 0.187 e. The summed E-state index contributed by atoms with van der Waals surface area (Å²) in [6, 6.07) is -2.04. The Bertz CT molecular complexity index is 1500. The Morgan fingerprint density at radius 2 is 0.716 bits per heavy atom. The number of nitrogens with one attached hydrogen (secondary N) is 1. The second kappa shape index (κ2) is 25.0. The first kappa shape index (κ1) is 58.2. The number of ether oxygens (including phenoxy) is 12. The Balaban J connectivity index is 0.00000840. The molecule has 0 spiro atoms. The summed E-state index contributed by atoms with van der Waals surface area (Å²) in [5.74, 6) is 0. The van der Waals surface area contributed by atoms with Crippen LogP contribution in [-0.4, -0.2) is 299 Å². The molecule has 0 saturated carbocycles. The van der Waals surface area contributed by atoms with E-state index < -0.39 is 211 Å². The maximum atomic E-state index is 11.6. The van der Waals surface area contributed by atoms with E-state index in [-0.39, 0.29) is 44.1 Å². The summed E-state index contributed by atoms with van der Waals surface area (Å²) in [5.41, 5.74) is 9.42. The van der Waals surface area contributed by atoms with Crippen LogP contribution in [0.4, 0.5) is 0 Å². The van der Waals surface area contributed by atoms with Gasteiger partial charge in [0.1, 0.15) is 128 Å². The van der Waals surface area contributed by atoms with Crippen molar-refractivity contribution in [3.63, 3.8) is 0 Å². The monoisotopic (exact) mass is 1200 g/mol. The van der Waals surface area contributed by atoms with Gasteiger partial charge in [-0.25, -0.2) is 0 Å². The van der Waals surface area contributed by atoms with Crippen molar-refractivity contribution in [1.82, 2.24) is 0 Å². The van der Waals surface area contributed by atoms with E-state index in [1.165, 1.54) is 13.8 Å². The molecule has 6 fully saturated rings. The Morgan fingerprint density at radius 3 is 1.24 bits per heavy atom. The number of rotatable bonds is 15. The zero-order valence-electron chi connectivity index (χ0n) is 36.3. The smallest absolute Gasteiger partial charge is 0.187 e. The summed E-state index contributed by atoms with van der Waals surface area (Å²) in [4.78, 5) is 0. The fourth-order valence-electron chi connectivity index (χ4n) is 8.57. The van der Waals surface area contributed by atoms with Crippen molar-refractivity contribution >= 4 is 0 Å². The third kappa shape index (κ3) is 12.1. The number of methoxy groups -OCH3 is 1. The van der Waals surface area contributed by atoms with Crippen LogP contribution in [0.15, 0.2) is 0 Å². The summed E-state index contributed by atoms with van der Waals surface area (Å²) < 4.78 is 68.6. The van der Waals surface area contributed by atoms with Gasteiger partial charge in [0, 0.05) is 51.2 Å². The second-order valence-electron chi connectivity index (χ2n) is 17.0. The van der Waals surface area contributed by atoms with E-state index in [1.54, 1.807) is 0 Å². The third-order valence-corrected chi connectivity index (χ3v) is 12.6. The van der Waals surface area contributed by atoms with Crippen molar-refractivity contribution in [1.29, 1.82) is 0 Å². The van der Waals surface area contributed by atoms with Crippen LogP contribution >= 0.6 is 0 Å². The van der Waals surface area contributed by atoms with Gasteiger partial charge in [-0.05, 0) is 13.8 Å². The molecule has 29 nitrogen and oxygen atoms in total. The van der Waals surface area contributed by atoms with Gasteiger partial charge in [-0.3, -0.25) is 0 Å². The molecule has 6 aliphatic rings. The van der Waals surface area contributed by atoms with Gasteiger partial charge in [0.15, 0.2) is 31.5 Å². The predicted octanol–water partition coefficient (Wildman–Crippen LogP) is -10.3. The summed E-state index contributed by atoms with van der Waals surface area (Å²) in [6.45, 7) is -1.11. The summed E-state index contributed by atoms with van der Waals surface area (Å²) in [5, 5.41) is 171. The van der Waals surface area contributed by atoms with Crippen LogP contribution < -0.4 is 0 Å². The van der Waals surface area contributed by atoms with Gasteiger partial charge < -0.3 is 144 Å². The van der Waals surface area contributed by atoms with E-state index in [1.807, 2.05) is 0 Å². The van der Waals surface area contributed by atoms with Gasteiger partial charge in [0.05, 0.1) is 44.7 Å². The predicted molar refractivity (Wildman–Crippen MR) is 203 cm³/mol. The molecule has 17 N–H and O–H groups in total. The molecule has 0 aromatic heterocycles. The molecule has 0 aliphatic carbocycles. The number of aliphatic hydroxyl groups is 16. The topological polar surface area (TPSA) is 458 Å². The Kier molecular flexibility index (Phi) is 21.7. The summed E-state index contributed by atoms with van der Waals surface area (Å²) in [7, 11) is 1.16. The standard InChI is InChI=1S/C37H64NO28.Ac/c1-8-15(43)19(47)23(51)34(56-8)63-28-13(7-42)60-32(65-30-18(46)11(5-40)58-36(26(30)54)62-27-12(6-41)61-33(55-3)25(53)22(27)50)14(38)29(28)64-37-31(21(49)17(45)10(4-39)59-37)66-35-24(52)20(48)16(44)9(2)57-35;/h8-54H,4-7H2,1-3H3;/q-1;/t8-,9?,10?,11?,12?,13?,14?,15+,16+,17-,18-,19?,20-,21-,22+,23?,24?,25-,26?,27+,28+,29+,30-,31?,32-,33?,34-,35-,36-,37-;/m0./s1. The summed E-state index contributed by atoms with van der Waals surface area (Å²) >= 11 is 0. The van der Waals surface area contributed by atoms with Crippen LogP contribution in [0, 0.1) is 44.1 Å². The molecule has 389 valence electrons. The Morgan fingerprint density at radius 1 is 0.343 bits per heavy atom. The Hall–Kier alpha value is 0.282. The molecular weight excluding hydrogens is 1130 g/mol. The quantitative estimate of drug-likeness (QED) is 0.0724. The molecule has 0 bridgehead atoms. The van der Waals surface area contributed by atoms with Crippen molar-refractivity contribution in [2.45, 2.75) is 198 Å². The molecule has 6 saturated heterocycles. The van der Waals surface area contributed by atoms with E-state index in [9.17, 15) is 87.4 Å². The van der Waals surface area contributed by atoms with E-state index in [4.69, 9.17) is 56.8 Å². The van der Waals surface area contributed by atoms with Gasteiger partial charge >= 0.3 is 0 Å². The van der Waals surface area contributed by atoms with Crippen molar-refractivity contribution in [2.24, 2.45) is 0 Å². The van der Waals surface area contributed by atoms with Crippen molar-refractivity contribution in [3.8, 4) is 0 Å². The first-order valence-electron chi connectivity index (χ1n) is 21.3. The van der Waals surface area contributed by atoms with E-state index in [0.717, 1.165) is 7.11 Å². The molecule has 0 aromatic rings. The maximum absolute atomic E-state index is 11.6. The van der Waals surface area contributed by atoms with Crippen LogP contribution in [0.5, 0.6) is 0 Å². The van der Waals surface area contributed by atoms with Crippen molar-refractivity contribution in [2.75, 3.05) is 33.5 Å². The minimum absolute atomic E-state index is 0. The van der Waals surface area contributed by atoms with Gasteiger partial charge in [-0.2, -0.15) is 0 Å². The number of hydrogen-bond acceptors (Lipinski definition) is 28. The minimum atomic E-state index is -2.12. The van der Waals surface area contributed by atoms with Crippen LogP contribution in [0.3, 0.4) is 0 Å². The van der Waals surface area contributed by atoms with E-state index >= 15 is 0 Å². The van der Waals surface area contributed by atoms with Crippen LogP contribution in [0.25, 0.3) is 5.73 Å². The Labute approximate surface area is 417 Å². The van der Waals surface area contributed by atoms with Crippen LogP contribution in [0.1, 0.15) is 13.8 Å². The fraction of sp³-hybridized carbons (Fsp3) is 1.00. The summed E-state index contributed by atoms with van der Waals surface area (Å²) in [6.07, 6.45) is -51.8. The van der Waals surface area contributed by atoms with Gasteiger partial charge in [-0.15, -0.1) is 0 Å². The molecule has 0 aromatic carbocycles. The average Bonchev–Trinajstić information content (AvgIpc) is 3.30. The second-order valence-corrected chi connectivity index (χ2v) is 17.0. The zero-order valence-corrected chi connectivity index (χ0v) is 41.0. The van der Waals surface area contributed by atoms with Gasteiger partial charge in [0.25, 0.3) is 0 Å². The number of aliphatic hydroxyl groups excluding tert-OH is 16. The molecule has 12 unspecified atom stereocenters. The van der Waals surface area contributed by atoms with E-state index in [2.05, 4.69) is 0 Å². The average molecular weight is 1200 g/mol. The molecular formula is C37H64AcNO28-. The SMILES string of the molecule is COC1OC(CO)[C@@H](O[C@@H]2OC(CO)[C@H](O)[C@H](O[C@@H]3OC(CO)[C@@H](O[C@@H]4O[C@@H](C)[C@@H](O)C(O)C4O)[C@H](O[C@@H]4OC(CO)[C@H](O)[C@H](O)C4O[C@@H]4OC(C)[C@@H](O)[C@H](O)C4O)C3[NH-])C2O)[C@H](O)[C@@H]1O.[Ac]. The number of hydrogen-bond donors (Lipinski definition) is 16. The van der Waals surface area contributed by atoms with Crippen LogP contribution in [0.2, 0.25) is 0 Å². The molecule has 6 aliphatic heterocycles. The van der Waals surface area contributed by atoms with Gasteiger partial charge in [-0.1, -0.05) is 6.04 Å². The molecule has 1 radical (unpaired) electrons. The van der Waals surface area contributed by atoms with Crippen molar-refractivity contribution < 1.29 is 183 Å². The molecule has 30 atom stereocenters.